The number of hydrogen-bond acceptors (Lipinski definition) is 2. The molecule has 0 spiro atoms. The second-order valence-corrected chi connectivity index (χ2v) is 8.03. The van der Waals surface area contributed by atoms with Crippen LogP contribution in [0.2, 0.25) is 5.02 Å². The van der Waals surface area contributed by atoms with E-state index in [1.54, 1.807) is 0 Å². The molecule has 2 heterocycles. The molecule has 2 aliphatic rings. The van der Waals surface area contributed by atoms with Gasteiger partial charge < -0.3 is 4.90 Å². The van der Waals surface area contributed by atoms with Crippen LogP contribution < -0.4 is 0 Å². The number of halogens is 1. The average molecular weight is 389 g/mol. The lowest BCUT2D eigenvalue weighted by Crippen LogP contribution is -2.48. The van der Waals surface area contributed by atoms with Crippen LogP contribution in [0.4, 0.5) is 0 Å². The van der Waals surface area contributed by atoms with E-state index in [4.69, 9.17) is 11.6 Å². The van der Waals surface area contributed by atoms with Gasteiger partial charge in [0.25, 0.3) is 5.91 Å². The van der Waals surface area contributed by atoms with Crippen molar-refractivity contribution in [1.29, 1.82) is 0 Å². The summed E-state index contributed by atoms with van der Waals surface area (Å²) in [5.74, 6) is 0.108. The van der Waals surface area contributed by atoms with Gasteiger partial charge in [0, 0.05) is 35.8 Å². The molecule has 3 aromatic rings. The third-order valence-electron chi connectivity index (χ3n) is 5.96. The molecule has 5 rings (SSSR count). The topological polar surface area (TPSA) is 23.6 Å². The lowest BCUT2D eigenvalue weighted by molar-refractivity contribution is 0.0429. The molecule has 1 atom stereocenters. The van der Waals surface area contributed by atoms with Crippen LogP contribution in [0.1, 0.15) is 32.6 Å². The van der Waals surface area contributed by atoms with Crippen LogP contribution in [0.5, 0.6) is 0 Å². The van der Waals surface area contributed by atoms with Crippen LogP contribution in [-0.4, -0.2) is 28.8 Å². The van der Waals surface area contributed by atoms with Crippen LogP contribution in [0.25, 0.3) is 0 Å². The Hall–Kier alpha value is -2.62. The molecule has 0 aromatic heterocycles. The van der Waals surface area contributed by atoms with Crippen molar-refractivity contribution in [2.24, 2.45) is 0 Å². The molecule has 0 saturated carbocycles. The van der Waals surface area contributed by atoms with E-state index in [0.29, 0.717) is 11.6 Å². The van der Waals surface area contributed by atoms with Crippen molar-refractivity contribution in [2.75, 3.05) is 13.1 Å². The maximum atomic E-state index is 13.2. The largest absolute Gasteiger partial charge is 0.311 e. The third-order valence-corrected chi connectivity index (χ3v) is 6.21. The molecule has 1 fully saturated rings. The van der Waals surface area contributed by atoms with Crippen LogP contribution in [0.15, 0.2) is 72.8 Å². The molecule has 3 nitrogen and oxygen atoms in total. The fourth-order valence-corrected chi connectivity index (χ4v) is 4.81. The first-order chi connectivity index (χ1) is 13.6. The molecule has 0 N–H and O–H groups in total. The van der Waals surface area contributed by atoms with Crippen LogP contribution in [0, 0.1) is 6.92 Å². The van der Waals surface area contributed by atoms with E-state index in [-0.39, 0.29) is 5.91 Å². The standard InChI is InChI=1S/C24H21ClN2O/c1-17-6-8-18(9-7-17)16-26-14-15-27-23(28)21-4-2-3-5-22(21)24(26,27)19-10-12-20(25)13-11-19/h2-13H,14-16H2,1H3. The maximum Gasteiger partial charge on any atom is 0.256 e. The number of fused-ring (bicyclic) bond motifs is 3. The zero-order valence-corrected chi connectivity index (χ0v) is 16.5. The summed E-state index contributed by atoms with van der Waals surface area (Å²) in [6, 6.07) is 24.6. The second-order valence-electron chi connectivity index (χ2n) is 7.59. The van der Waals surface area contributed by atoms with Gasteiger partial charge in [-0.2, -0.15) is 0 Å². The number of aryl methyl sites for hydroxylation is 1. The fraction of sp³-hybridized carbons (Fsp3) is 0.208. The highest BCUT2D eigenvalue weighted by Crippen LogP contribution is 2.50. The summed E-state index contributed by atoms with van der Waals surface area (Å²) in [4.78, 5) is 17.7. The predicted octanol–water partition coefficient (Wildman–Crippen LogP) is 4.82. The number of carbonyl (C=O) groups excluding carboxylic acids is 1. The smallest absolute Gasteiger partial charge is 0.256 e. The van der Waals surface area contributed by atoms with Crippen LogP contribution >= 0.6 is 11.6 Å². The van der Waals surface area contributed by atoms with Crippen molar-refractivity contribution < 1.29 is 4.79 Å². The summed E-state index contributed by atoms with van der Waals surface area (Å²) in [7, 11) is 0. The van der Waals surface area contributed by atoms with E-state index in [0.717, 1.165) is 29.8 Å². The van der Waals surface area contributed by atoms with Gasteiger partial charge >= 0.3 is 0 Å². The highest BCUT2D eigenvalue weighted by molar-refractivity contribution is 6.30. The predicted molar refractivity (Wildman–Crippen MR) is 111 cm³/mol. The summed E-state index contributed by atoms with van der Waals surface area (Å²) >= 11 is 6.17. The number of rotatable bonds is 3. The molecule has 2 aliphatic heterocycles. The zero-order valence-electron chi connectivity index (χ0n) is 15.7. The molecule has 4 heteroatoms. The monoisotopic (exact) mass is 388 g/mol. The van der Waals surface area contributed by atoms with E-state index >= 15 is 0 Å². The molecule has 28 heavy (non-hydrogen) atoms. The normalized spacial score (nSPS) is 21.1. The minimum atomic E-state index is -0.580. The Morgan fingerprint density at radius 3 is 2.39 bits per heavy atom. The fourth-order valence-electron chi connectivity index (χ4n) is 4.68. The van der Waals surface area contributed by atoms with E-state index in [1.807, 2.05) is 35.2 Å². The van der Waals surface area contributed by atoms with Gasteiger partial charge in [-0.3, -0.25) is 9.69 Å². The van der Waals surface area contributed by atoms with Crippen molar-refractivity contribution >= 4 is 17.5 Å². The lowest BCUT2D eigenvalue weighted by Gasteiger charge is -2.40. The first-order valence-corrected chi connectivity index (χ1v) is 9.96. The van der Waals surface area contributed by atoms with Crippen molar-refractivity contribution in [1.82, 2.24) is 9.80 Å². The minimum Gasteiger partial charge on any atom is -0.311 e. The number of benzene rings is 3. The maximum absolute atomic E-state index is 13.2. The Balaban J connectivity index is 1.69. The van der Waals surface area contributed by atoms with Crippen LogP contribution in [0.3, 0.4) is 0 Å². The number of hydrogen-bond donors (Lipinski definition) is 0. The molecule has 140 valence electrons. The second kappa shape index (κ2) is 6.47. The van der Waals surface area contributed by atoms with Gasteiger partial charge in [-0.15, -0.1) is 0 Å². The lowest BCUT2D eigenvalue weighted by atomic mass is 9.89. The Kier molecular flexibility index (Phi) is 4.04. The van der Waals surface area contributed by atoms with Crippen molar-refractivity contribution in [3.63, 3.8) is 0 Å². The van der Waals surface area contributed by atoms with E-state index in [9.17, 15) is 4.79 Å². The first-order valence-electron chi connectivity index (χ1n) is 9.59. The Morgan fingerprint density at radius 1 is 0.929 bits per heavy atom. The van der Waals surface area contributed by atoms with Crippen molar-refractivity contribution in [2.45, 2.75) is 19.1 Å². The Morgan fingerprint density at radius 2 is 1.64 bits per heavy atom. The molecular formula is C24H21ClN2O. The highest BCUT2D eigenvalue weighted by Gasteiger charge is 2.57. The Labute approximate surface area is 170 Å². The first kappa shape index (κ1) is 17.5. The van der Waals surface area contributed by atoms with Gasteiger partial charge in [0.15, 0.2) is 0 Å². The van der Waals surface area contributed by atoms with Gasteiger partial charge in [-0.1, -0.05) is 71.8 Å². The van der Waals surface area contributed by atoms with E-state index in [2.05, 4.69) is 54.3 Å². The quantitative estimate of drug-likeness (QED) is 0.642. The third kappa shape index (κ3) is 2.43. The summed E-state index contributed by atoms with van der Waals surface area (Å²) < 4.78 is 0. The molecule has 1 saturated heterocycles. The van der Waals surface area contributed by atoms with Gasteiger partial charge in [0.05, 0.1) is 0 Å². The van der Waals surface area contributed by atoms with Gasteiger partial charge in [0.2, 0.25) is 0 Å². The number of nitrogens with zero attached hydrogens (tertiary/aromatic N) is 2. The SMILES string of the molecule is Cc1ccc(CN2CCN3C(=O)c4ccccc4C23c2ccc(Cl)cc2)cc1. The molecule has 0 bridgehead atoms. The number of amides is 1. The van der Waals surface area contributed by atoms with Gasteiger partial charge in [0.1, 0.15) is 5.66 Å². The average Bonchev–Trinajstić information content (AvgIpc) is 3.20. The summed E-state index contributed by atoms with van der Waals surface area (Å²) in [6.45, 7) is 4.42. The van der Waals surface area contributed by atoms with E-state index in [1.165, 1.54) is 11.1 Å². The van der Waals surface area contributed by atoms with Gasteiger partial charge in [-0.05, 0) is 36.2 Å². The molecule has 3 aromatic carbocycles. The number of carbonyl (C=O) groups is 1. The summed E-state index contributed by atoms with van der Waals surface area (Å²) in [6.07, 6.45) is 0. The Bertz CT molecular complexity index is 1040. The van der Waals surface area contributed by atoms with E-state index < -0.39 is 5.66 Å². The molecular weight excluding hydrogens is 368 g/mol. The van der Waals surface area contributed by atoms with Crippen LogP contribution in [-0.2, 0) is 12.2 Å². The summed E-state index contributed by atoms with van der Waals surface area (Å²) in [5.41, 5.74) is 4.86. The molecule has 1 unspecified atom stereocenters. The van der Waals surface area contributed by atoms with Gasteiger partial charge in [-0.25, -0.2) is 0 Å². The van der Waals surface area contributed by atoms with Crippen molar-refractivity contribution in [3.8, 4) is 0 Å². The summed E-state index contributed by atoms with van der Waals surface area (Å²) in [5, 5.41) is 0.701. The van der Waals surface area contributed by atoms with Crippen molar-refractivity contribution in [3.05, 3.63) is 106 Å². The molecule has 1 amide bonds. The zero-order chi connectivity index (χ0) is 19.3. The molecule has 0 radical (unpaired) electrons. The minimum absolute atomic E-state index is 0.108. The molecule has 0 aliphatic carbocycles. The highest BCUT2D eigenvalue weighted by atomic mass is 35.5.